The molecular formula is C21H22FN3O2S. The minimum Gasteiger partial charge on any atom is -0.326 e. The summed E-state index contributed by atoms with van der Waals surface area (Å²) in [5.41, 5.74) is 2.69. The molecule has 0 saturated carbocycles. The molecule has 1 aliphatic heterocycles. The average Bonchev–Trinajstić information content (AvgIpc) is 2.97. The highest BCUT2D eigenvalue weighted by Gasteiger charge is 2.25. The third-order valence-electron chi connectivity index (χ3n) is 5.34. The van der Waals surface area contributed by atoms with E-state index in [9.17, 15) is 14.0 Å². The van der Waals surface area contributed by atoms with Crippen molar-refractivity contribution in [3.63, 3.8) is 0 Å². The van der Waals surface area contributed by atoms with Crippen LogP contribution in [0.25, 0.3) is 10.2 Å². The van der Waals surface area contributed by atoms with Gasteiger partial charge in [-0.1, -0.05) is 23.5 Å². The molecule has 4 rings (SSSR count). The van der Waals surface area contributed by atoms with E-state index in [1.165, 1.54) is 23.5 Å². The number of aromatic nitrogens is 1. The number of benzene rings is 2. The zero-order valence-corrected chi connectivity index (χ0v) is 16.5. The van der Waals surface area contributed by atoms with E-state index in [0.29, 0.717) is 0 Å². The van der Waals surface area contributed by atoms with E-state index in [4.69, 9.17) is 0 Å². The topological polar surface area (TPSA) is 54.3 Å². The smallest absolute Gasteiger partial charge is 0.307 e. The van der Waals surface area contributed by atoms with E-state index in [1.807, 2.05) is 30.3 Å². The van der Waals surface area contributed by atoms with Gasteiger partial charge in [-0.3, -0.25) is 14.5 Å². The minimum atomic E-state index is -0.222. The molecule has 0 atom stereocenters. The number of anilines is 1. The zero-order chi connectivity index (χ0) is 19.7. The first-order chi connectivity index (χ1) is 13.5. The fourth-order valence-corrected chi connectivity index (χ4v) is 4.58. The number of piperidine rings is 1. The van der Waals surface area contributed by atoms with E-state index in [2.05, 4.69) is 10.2 Å². The highest BCUT2D eigenvalue weighted by molar-refractivity contribution is 7.16. The molecule has 0 radical (unpaired) electrons. The lowest BCUT2D eigenvalue weighted by Gasteiger charge is -2.31. The lowest BCUT2D eigenvalue weighted by molar-refractivity contribution is -0.121. The van der Waals surface area contributed by atoms with Crippen LogP contribution < -0.4 is 10.2 Å². The Kier molecular flexibility index (Phi) is 5.28. The minimum absolute atomic E-state index is 0.00740. The largest absolute Gasteiger partial charge is 0.326 e. The number of carbonyl (C=O) groups is 1. The molecule has 146 valence electrons. The molecule has 28 heavy (non-hydrogen) atoms. The molecule has 1 fully saturated rings. The molecule has 1 saturated heterocycles. The number of nitrogens with one attached hydrogen (secondary N) is 1. The van der Waals surface area contributed by atoms with E-state index in [-0.39, 0.29) is 22.5 Å². The van der Waals surface area contributed by atoms with Crippen LogP contribution in [0.1, 0.15) is 18.4 Å². The number of carbonyl (C=O) groups excluding carboxylic acids is 1. The van der Waals surface area contributed by atoms with Gasteiger partial charge in [-0.15, -0.1) is 0 Å². The molecule has 1 aliphatic rings. The Labute approximate surface area is 166 Å². The molecule has 2 heterocycles. The summed E-state index contributed by atoms with van der Waals surface area (Å²) in [6.07, 6.45) is 1.60. The molecule has 0 unspecified atom stereocenters. The number of likely N-dealkylation sites (tertiary alicyclic amines) is 1. The summed E-state index contributed by atoms with van der Waals surface area (Å²) in [5, 5.41) is 3.00. The van der Waals surface area contributed by atoms with E-state index in [0.717, 1.165) is 53.9 Å². The molecule has 3 aromatic rings. The van der Waals surface area contributed by atoms with Gasteiger partial charge in [-0.25, -0.2) is 4.39 Å². The number of thiazole rings is 1. The first kappa shape index (κ1) is 18.8. The van der Waals surface area contributed by atoms with Crippen molar-refractivity contribution in [1.82, 2.24) is 9.47 Å². The number of fused-ring (bicyclic) bond motifs is 1. The summed E-state index contributed by atoms with van der Waals surface area (Å²) in [6, 6.07) is 12.2. The van der Waals surface area contributed by atoms with Crippen molar-refractivity contribution >= 4 is 33.1 Å². The van der Waals surface area contributed by atoms with Crippen molar-refractivity contribution in [2.75, 3.05) is 18.4 Å². The van der Waals surface area contributed by atoms with Gasteiger partial charge in [0.25, 0.3) is 0 Å². The summed E-state index contributed by atoms with van der Waals surface area (Å²) >= 11 is 1.18. The van der Waals surface area contributed by atoms with Gasteiger partial charge in [-0.05, 0) is 61.8 Å². The number of nitrogens with zero attached hydrogens (tertiary/aromatic N) is 2. The van der Waals surface area contributed by atoms with Crippen LogP contribution in [0, 0.1) is 11.7 Å². The van der Waals surface area contributed by atoms with Gasteiger partial charge in [0.2, 0.25) is 5.91 Å². The van der Waals surface area contributed by atoms with Crippen LogP contribution in [0.4, 0.5) is 10.1 Å². The lowest BCUT2D eigenvalue weighted by atomic mass is 9.95. The van der Waals surface area contributed by atoms with Crippen LogP contribution in [-0.4, -0.2) is 28.5 Å². The van der Waals surface area contributed by atoms with Crippen LogP contribution in [0.3, 0.4) is 0 Å². The average molecular weight is 399 g/mol. The maximum absolute atomic E-state index is 13.0. The van der Waals surface area contributed by atoms with E-state index < -0.39 is 0 Å². The molecule has 0 spiro atoms. The number of amides is 1. The number of halogens is 1. The second kappa shape index (κ2) is 7.85. The SMILES string of the molecule is Cn1c(=O)sc2cc(NC(=O)C3CCN(Cc4ccc(F)cc4)CC3)ccc21. The van der Waals surface area contributed by atoms with Crippen molar-refractivity contribution < 1.29 is 9.18 Å². The predicted octanol–water partition coefficient (Wildman–Crippen LogP) is 3.59. The van der Waals surface area contributed by atoms with Gasteiger partial charge < -0.3 is 9.88 Å². The normalized spacial score (nSPS) is 15.8. The molecule has 1 aromatic heterocycles. The Hall–Kier alpha value is -2.51. The van der Waals surface area contributed by atoms with Gasteiger partial charge in [0.1, 0.15) is 5.82 Å². The molecule has 5 nitrogen and oxygen atoms in total. The fraction of sp³-hybridized carbons (Fsp3) is 0.333. The third kappa shape index (κ3) is 4.00. The zero-order valence-electron chi connectivity index (χ0n) is 15.7. The maximum Gasteiger partial charge on any atom is 0.307 e. The van der Waals surface area contributed by atoms with Gasteiger partial charge in [0.15, 0.2) is 0 Å². The Morgan fingerprint density at radius 3 is 2.61 bits per heavy atom. The summed E-state index contributed by atoms with van der Waals surface area (Å²) in [4.78, 5) is 26.7. The Bertz CT molecular complexity index is 1050. The molecule has 0 bridgehead atoms. The highest BCUT2D eigenvalue weighted by atomic mass is 32.1. The van der Waals surface area contributed by atoms with Crippen molar-refractivity contribution in [3.8, 4) is 0 Å². The van der Waals surface area contributed by atoms with Gasteiger partial charge in [0, 0.05) is 25.2 Å². The highest BCUT2D eigenvalue weighted by Crippen LogP contribution is 2.24. The Balaban J connectivity index is 1.33. The van der Waals surface area contributed by atoms with Gasteiger partial charge in [0.05, 0.1) is 10.2 Å². The molecular weight excluding hydrogens is 377 g/mol. The van der Waals surface area contributed by atoms with Crippen molar-refractivity contribution in [2.45, 2.75) is 19.4 Å². The molecule has 0 aliphatic carbocycles. The standard InChI is InChI=1S/C21H22FN3O2S/c1-24-18-7-6-17(12-19(18)28-21(24)27)23-20(26)15-8-10-25(11-9-15)13-14-2-4-16(22)5-3-14/h2-7,12,15H,8-11,13H2,1H3,(H,23,26). The summed E-state index contributed by atoms with van der Waals surface area (Å²) in [6.45, 7) is 2.46. The summed E-state index contributed by atoms with van der Waals surface area (Å²) in [5.74, 6) is -0.209. The monoisotopic (exact) mass is 399 g/mol. The van der Waals surface area contributed by atoms with E-state index >= 15 is 0 Å². The van der Waals surface area contributed by atoms with Crippen LogP contribution in [-0.2, 0) is 18.4 Å². The number of rotatable bonds is 4. The quantitative estimate of drug-likeness (QED) is 0.730. The number of aryl methyl sites for hydroxylation is 1. The van der Waals surface area contributed by atoms with Crippen LogP contribution in [0.5, 0.6) is 0 Å². The molecule has 1 amide bonds. The summed E-state index contributed by atoms with van der Waals surface area (Å²) in [7, 11) is 1.75. The second-order valence-electron chi connectivity index (χ2n) is 7.28. The molecule has 1 N–H and O–H groups in total. The maximum atomic E-state index is 13.0. The summed E-state index contributed by atoms with van der Waals surface area (Å²) < 4.78 is 15.5. The van der Waals surface area contributed by atoms with Crippen molar-refractivity contribution in [2.24, 2.45) is 13.0 Å². The Morgan fingerprint density at radius 1 is 1.18 bits per heavy atom. The Morgan fingerprint density at radius 2 is 1.89 bits per heavy atom. The fourth-order valence-electron chi connectivity index (χ4n) is 3.66. The predicted molar refractivity (Wildman–Crippen MR) is 110 cm³/mol. The molecule has 7 heteroatoms. The second-order valence-corrected chi connectivity index (χ2v) is 8.27. The number of hydrogen-bond acceptors (Lipinski definition) is 4. The van der Waals surface area contributed by atoms with Crippen LogP contribution in [0.2, 0.25) is 0 Å². The van der Waals surface area contributed by atoms with Crippen LogP contribution in [0.15, 0.2) is 47.3 Å². The van der Waals surface area contributed by atoms with Crippen molar-refractivity contribution in [3.05, 3.63) is 63.5 Å². The van der Waals surface area contributed by atoms with Gasteiger partial charge >= 0.3 is 4.87 Å². The van der Waals surface area contributed by atoms with Crippen molar-refractivity contribution in [1.29, 1.82) is 0 Å². The first-order valence-electron chi connectivity index (χ1n) is 9.37. The van der Waals surface area contributed by atoms with E-state index in [1.54, 1.807) is 11.6 Å². The molecule has 2 aromatic carbocycles. The third-order valence-corrected chi connectivity index (χ3v) is 6.33. The first-order valence-corrected chi connectivity index (χ1v) is 10.2. The lowest BCUT2D eigenvalue weighted by Crippen LogP contribution is -2.37. The number of hydrogen-bond donors (Lipinski definition) is 1. The van der Waals surface area contributed by atoms with Crippen LogP contribution >= 0.6 is 11.3 Å². The van der Waals surface area contributed by atoms with Gasteiger partial charge in [-0.2, -0.15) is 0 Å².